The number of fused-ring (bicyclic) bond motifs is 1. The molecule has 0 bridgehead atoms. The van der Waals surface area contributed by atoms with E-state index >= 15 is 0 Å². The van der Waals surface area contributed by atoms with Crippen LogP contribution in [0.4, 0.5) is 5.69 Å². The molecule has 3 N–H and O–H groups in total. The first-order chi connectivity index (χ1) is 15.8. The van der Waals surface area contributed by atoms with Gasteiger partial charge in [0.1, 0.15) is 0 Å². The van der Waals surface area contributed by atoms with Crippen LogP contribution < -0.4 is 10.1 Å². The average molecular weight is 453 g/mol. The molecular weight excluding hydrogens is 420 g/mol. The molecule has 0 unspecified atom stereocenters. The molecule has 2 amide bonds. The van der Waals surface area contributed by atoms with Gasteiger partial charge in [0.25, 0.3) is 5.91 Å². The van der Waals surface area contributed by atoms with Crippen molar-refractivity contribution < 1.29 is 24.5 Å². The molecule has 1 aliphatic carbocycles. The highest BCUT2D eigenvalue weighted by atomic mass is 16.5. The number of rotatable bonds is 5. The fraction of sp³-hybridized carbons (Fsp3) is 0.462. The second-order valence-electron chi connectivity index (χ2n) is 9.07. The number of aromatic hydroxyl groups is 1. The van der Waals surface area contributed by atoms with Gasteiger partial charge in [-0.05, 0) is 62.1 Å². The van der Waals surface area contributed by atoms with Gasteiger partial charge >= 0.3 is 0 Å². The Hall–Kier alpha value is -3.06. The molecule has 2 aliphatic rings. The highest BCUT2D eigenvalue weighted by Gasteiger charge is 2.50. The minimum atomic E-state index is -0.818. The van der Waals surface area contributed by atoms with Crippen molar-refractivity contribution in [2.75, 3.05) is 18.5 Å². The molecule has 0 aromatic heterocycles. The quantitative estimate of drug-likeness (QED) is 0.630. The second-order valence-corrected chi connectivity index (χ2v) is 9.07. The number of nitrogens with one attached hydrogen (secondary N) is 1. The maximum atomic E-state index is 13.7. The molecule has 3 atom stereocenters. The Balaban J connectivity index is 1.74. The summed E-state index contributed by atoms with van der Waals surface area (Å²) in [5.41, 5.74) is 1.07. The summed E-state index contributed by atoms with van der Waals surface area (Å²) in [5.74, 6) is -0.0289. The van der Waals surface area contributed by atoms with E-state index in [0.29, 0.717) is 36.6 Å². The van der Waals surface area contributed by atoms with Crippen LogP contribution in [0.3, 0.4) is 0 Å². The Kier molecular flexibility index (Phi) is 6.61. The summed E-state index contributed by atoms with van der Waals surface area (Å²) in [5, 5.41) is 24.4. The van der Waals surface area contributed by atoms with Gasteiger partial charge in [-0.25, -0.2) is 0 Å². The molecule has 2 aromatic rings. The lowest BCUT2D eigenvalue weighted by Crippen LogP contribution is -2.56. The number of carbonyl (C=O) groups excluding carboxylic acids is 2. The number of likely N-dealkylation sites (tertiary alicyclic amines) is 1. The van der Waals surface area contributed by atoms with E-state index < -0.39 is 5.60 Å². The van der Waals surface area contributed by atoms with Gasteiger partial charge in [0.2, 0.25) is 5.91 Å². The van der Waals surface area contributed by atoms with Gasteiger partial charge in [-0.15, -0.1) is 0 Å². The molecule has 2 aromatic carbocycles. The third-order valence-electron chi connectivity index (χ3n) is 6.88. The van der Waals surface area contributed by atoms with Crippen LogP contribution >= 0.6 is 0 Å². The Morgan fingerprint density at radius 3 is 2.76 bits per heavy atom. The van der Waals surface area contributed by atoms with Crippen molar-refractivity contribution in [1.29, 1.82) is 0 Å². The van der Waals surface area contributed by atoms with E-state index in [2.05, 4.69) is 5.32 Å². The fourth-order valence-corrected chi connectivity index (χ4v) is 5.41. The van der Waals surface area contributed by atoms with Gasteiger partial charge in [0.15, 0.2) is 11.5 Å². The molecule has 176 valence electrons. The molecule has 0 spiro atoms. The number of hydrogen-bond donors (Lipinski definition) is 3. The van der Waals surface area contributed by atoms with Gasteiger partial charge in [-0.1, -0.05) is 25.0 Å². The van der Waals surface area contributed by atoms with Crippen LogP contribution in [0.25, 0.3) is 0 Å². The summed E-state index contributed by atoms with van der Waals surface area (Å²) >= 11 is 0. The fourth-order valence-electron chi connectivity index (χ4n) is 5.41. The largest absolute Gasteiger partial charge is 0.504 e. The van der Waals surface area contributed by atoms with E-state index in [1.807, 2.05) is 17.9 Å². The van der Waals surface area contributed by atoms with Crippen molar-refractivity contribution in [1.82, 2.24) is 4.90 Å². The van der Waals surface area contributed by atoms with Crippen LogP contribution in [0, 0.1) is 5.92 Å². The number of nitrogens with zero attached hydrogens (tertiary/aromatic N) is 1. The first-order valence-electron chi connectivity index (χ1n) is 11.7. The number of benzene rings is 2. The normalized spacial score (nSPS) is 24.6. The van der Waals surface area contributed by atoms with Crippen LogP contribution in [-0.2, 0) is 4.79 Å². The molecule has 1 heterocycles. The number of phenolic OH excluding ortho intramolecular Hbond substituents is 1. The molecule has 7 heteroatoms. The molecule has 33 heavy (non-hydrogen) atoms. The Morgan fingerprint density at radius 1 is 1.18 bits per heavy atom. The van der Waals surface area contributed by atoms with Gasteiger partial charge in [0, 0.05) is 30.6 Å². The molecule has 1 aliphatic heterocycles. The van der Waals surface area contributed by atoms with Crippen molar-refractivity contribution in [3.63, 3.8) is 0 Å². The lowest BCUT2D eigenvalue weighted by Gasteiger charge is -2.52. The van der Waals surface area contributed by atoms with Gasteiger partial charge in [0.05, 0.1) is 18.2 Å². The Morgan fingerprint density at radius 2 is 2.00 bits per heavy atom. The summed E-state index contributed by atoms with van der Waals surface area (Å²) in [6, 6.07) is 11.8. The molecule has 7 nitrogen and oxygen atoms in total. The summed E-state index contributed by atoms with van der Waals surface area (Å²) in [6.07, 6.45) is 4.06. The lowest BCUT2D eigenvalue weighted by molar-refractivity contribution is -0.115. The van der Waals surface area contributed by atoms with Crippen molar-refractivity contribution >= 4 is 17.5 Å². The third-order valence-corrected chi connectivity index (χ3v) is 6.88. The number of anilines is 1. The standard InChI is InChI=1S/C26H32N2O5/c1-3-33-23-16-18(10-11-22(23)30)24-21-9-4-5-12-26(21,32)13-14-28(24)25(31)19-7-6-8-20(15-19)27-17(2)29/h6-8,10-11,15-16,21,24,30,32H,3-5,9,12-14H2,1-2H3,(H,27,29)/t21-,24-,26+/m1/s1. The van der Waals surface area contributed by atoms with E-state index in [9.17, 15) is 19.8 Å². The first-order valence-corrected chi connectivity index (χ1v) is 11.7. The molecule has 1 saturated heterocycles. The SMILES string of the molecule is CCOc1cc([C@@H]2[C@H]3CCCC[C@]3(O)CCN2C(=O)c2cccc(NC(C)=O)c2)ccc1O. The second kappa shape index (κ2) is 9.43. The van der Waals surface area contributed by atoms with Crippen LogP contribution in [-0.4, -0.2) is 45.7 Å². The van der Waals surface area contributed by atoms with Crippen LogP contribution in [0.5, 0.6) is 11.5 Å². The third kappa shape index (κ3) is 4.69. The van der Waals surface area contributed by atoms with Crippen molar-refractivity contribution in [3.05, 3.63) is 53.6 Å². The van der Waals surface area contributed by atoms with E-state index in [-0.39, 0.29) is 29.5 Å². The van der Waals surface area contributed by atoms with E-state index in [0.717, 1.165) is 31.2 Å². The number of ether oxygens (including phenoxy) is 1. The zero-order valence-corrected chi connectivity index (χ0v) is 19.2. The van der Waals surface area contributed by atoms with E-state index in [1.165, 1.54) is 6.92 Å². The summed E-state index contributed by atoms with van der Waals surface area (Å²) < 4.78 is 5.61. The molecule has 2 fully saturated rings. The molecular formula is C26H32N2O5. The Bertz CT molecular complexity index is 1040. The Labute approximate surface area is 194 Å². The number of piperidine rings is 1. The van der Waals surface area contributed by atoms with Crippen LogP contribution in [0.1, 0.15) is 67.9 Å². The predicted octanol–water partition coefficient (Wildman–Crippen LogP) is 4.26. The van der Waals surface area contributed by atoms with Gasteiger partial charge in [-0.2, -0.15) is 0 Å². The minimum absolute atomic E-state index is 0.0520. The molecule has 1 saturated carbocycles. The summed E-state index contributed by atoms with van der Waals surface area (Å²) in [6.45, 7) is 4.11. The van der Waals surface area contributed by atoms with Crippen LogP contribution in [0.15, 0.2) is 42.5 Å². The van der Waals surface area contributed by atoms with Crippen LogP contribution in [0.2, 0.25) is 0 Å². The van der Waals surface area contributed by atoms with Gasteiger partial charge < -0.3 is 25.2 Å². The predicted molar refractivity (Wildman–Crippen MR) is 125 cm³/mol. The molecule has 0 radical (unpaired) electrons. The van der Waals surface area contributed by atoms with E-state index in [4.69, 9.17) is 4.74 Å². The highest BCUT2D eigenvalue weighted by Crippen LogP contribution is 2.50. The summed E-state index contributed by atoms with van der Waals surface area (Å²) in [7, 11) is 0. The highest BCUT2D eigenvalue weighted by molar-refractivity contribution is 5.97. The zero-order chi connectivity index (χ0) is 23.6. The first kappa shape index (κ1) is 23.1. The zero-order valence-electron chi connectivity index (χ0n) is 19.2. The lowest BCUT2D eigenvalue weighted by atomic mass is 9.66. The van der Waals surface area contributed by atoms with Crippen molar-refractivity contribution in [2.45, 2.75) is 57.6 Å². The molecule has 4 rings (SSSR count). The maximum Gasteiger partial charge on any atom is 0.254 e. The minimum Gasteiger partial charge on any atom is -0.504 e. The smallest absolute Gasteiger partial charge is 0.254 e. The topological polar surface area (TPSA) is 99.1 Å². The monoisotopic (exact) mass is 452 g/mol. The number of carbonyl (C=O) groups is 2. The van der Waals surface area contributed by atoms with E-state index in [1.54, 1.807) is 36.4 Å². The van der Waals surface area contributed by atoms with Gasteiger partial charge in [-0.3, -0.25) is 9.59 Å². The van der Waals surface area contributed by atoms with Crippen molar-refractivity contribution in [2.24, 2.45) is 5.92 Å². The number of phenols is 1. The number of aliphatic hydroxyl groups is 1. The number of amides is 2. The maximum absolute atomic E-state index is 13.7. The van der Waals surface area contributed by atoms with Crippen molar-refractivity contribution in [3.8, 4) is 11.5 Å². The summed E-state index contributed by atoms with van der Waals surface area (Å²) in [4.78, 5) is 27.0. The average Bonchev–Trinajstić information content (AvgIpc) is 2.79. The number of hydrogen-bond acceptors (Lipinski definition) is 5.